The molecule has 2 N–H and O–H groups in total. The van der Waals surface area contributed by atoms with Crippen LogP contribution in [0.3, 0.4) is 0 Å². The highest BCUT2D eigenvalue weighted by atomic mass is 35.5. The number of aliphatic hydroxyl groups excluding tert-OH is 1. The molecule has 2 amide bonds. The highest BCUT2D eigenvalue weighted by Gasteiger charge is 2.24. The van der Waals surface area contributed by atoms with Gasteiger partial charge in [-0.05, 0) is 30.2 Å². The van der Waals surface area contributed by atoms with Crippen LogP contribution in [-0.4, -0.2) is 41.5 Å². The number of halogens is 1. The number of thioether (sulfide) groups is 1. The standard InChI is InChI=1S/C15H19ClN2O2S/c1-2-6-18(7-8-19)15(20)17-13-5-9-21-14-4-3-11(16)10-12(13)14/h2-4,10,13,19H,1,5-9H2,(H,17,20). The number of carbonyl (C=O) groups excluding carboxylic acids is 1. The Labute approximate surface area is 134 Å². The van der Waals surface area contributed by atoms with Gasteiger partial charge in [0.1, 0.15) is 0 Å². The van der Waals surface area contributed by atoms with Gasteiger partial charge in [-0.2, -0.15) is 0 Å². The molecule has 114 valence electrons. The molecule has 0 saturated heterocycles. The van der Waals surface area contributed by atoms with Crippen LogP contribution in [0, 0.1) is 0 Å². The first-order valence-electron chi connectivity index (χ1n) is 6.85. The fourth-order valence-electron chi connectivity index (χ4n) is 2.31. The summed E-state index contributed by atoms with van der Waals surface area (Å²) in [5.41, 5.74) is 1.06. The van der Waals surface area contributed by atoms with Gasteiger partial charge >= 0.3 is 6.03 Å². The van der Waals surface area contributed by atoms with Gasteiger partial charge in [-0.15, -0.1) is 18.3 Å². The molecule has 0 radical (unpaired) electrons. The van der Waals surface area contributed by atoms with E-state index in [9.17, 15) is 4.79 Å². The van der Waals surface area contributed by atoms with Crippen LogP contribution in [0.5, 0.6) is 0 Å². The zero-order valence-electron chi connectivity index (χ0n) is 11.7. The largest absolute Gasteiger partial charge is 0.395 e. The normalized spacial score (nSPS) is 17.0. The van der Waals surface area contributed by atoms with Crippen LogP contribution in [0.1, 0.15) is 18.0 Å². The van der Waals surface area contributed by atoms with Crippen molar-refractivity contribution >= 4 is 29.4 Å². The summed E-state index contributed by atoms with van der Waals surface area (Å²) in [7, 11) is 0. The predicted octanol–water partition coefficient (Wildman–Crippen LogP) is 3.07. The average Bonchev–Trinajstić information content (AvgIpc) is 2.47. The Morgan fingerprint density at radius 1 is 1.62 bits per heavy atom. The molecule has 0 fully saturated rings. The predicted molar refractivity (Wildman–Crippen MR) is 86.9 cm³/mol. The molecule has 0 bridgehead atoms. The van der Waals surface area contributed by atoms with E-state index in [1.807, 2.05) is 18.2 Å². The summed E-state index contributed by atoms with van der Waals surface area (Å²) >= 11 is 7.84. The van der Waals surface area contributed by atoms with Crippen molar-refractivity contribution in [1.29, 1.82) is 0 Å². The summed E-state index contributed by atoms with van der Waals surface area (Å²) < 4.78 is 0. The Kier molecular flexibility index (Phi) is 5.96. The second-order valence-electron chi connectivity index (χ2n) is 4.78. The maximum Gasteiger partial charge on any atom is 0.318 e. The number of hydrogen-bond donors (Lipinski definition) is 2. The second kappa shape index (κ2) is 7.73. The summed E-state index contributed by atoms with van der Waals surface area (Å²) in [4.78, 5) is 15.0. The molecule has 1 heterocycles. The lowest BCUT2D eigenvalue weighted by Gasteiger charge is -2.29. The van der Waals surface area contributed by atoms with E-state index in [2.05, 4.69) is 11.9 Å². The molecule has 21 heavy (non-hydrogen) atoms. The number of fused-ring (bicyclic) bond motifs is 1. The molecule has 0 aromatic heterocycles. The van der Waals surface area contributed by atoms with Gasteiger partial charge in [0.15, 0.2) is 0 Å². The van der Waals surface area contributed by atoms with Gasteiger partial charge in [-0.1, -0.05) is 17.7 Å². The first-order chi connectivity index (χ1) is 10.2. The van der Waals surface area contributed by atoms with E-state index >= 15 is 0 Å². The Morgan fingerprint density at radius 2 is 2.43 bits per heavy atom. The Hall–Kier alpha value is -1.17. The smallest absolute Gasteiger partial charge is 0.318 e. The maximum atomic E-state index is 12.3. The molecule has 1 unspecified atom stereocenters. The fourth-order valence-corrected chi connectivity index (χ4v) is 3.59. The number of carbonyl (C=O) groups is 1. The summed E-state index contributed by atoms with van der Waals surface area (Å²) in [6, 6.07) is 5.55. The van der Waals surface area contributed by atoms with E-state index in [0.29, 0.717) is 18.1 Å². The van der Waals surface area contributed by atoms with Gasteiger partial charge in [0.25, 0.3) is 0 Å². The van der Waals surface area contributed by atoms with Gasteiger partial charge in [0, 0.05) is 28.8 Å². The minimum atomic E-state index is -0.188. The maximum absolute atomic E-state index is 12.3. The molecule has 4 nitrogen and oxygen atoms in total. The topological polar surface area (TPSA) is 52.6 Å². The number of urea groups is 1. The molecule has 2 rings (SSSR count). The molecule has 1 aromatic rings. The molecule has 0 spiro atoms. The molecular formula is C15H19ClN2O2S. The van der Waals surface area contributed by atoms with Crippen molar-refractivity contribution in [3.05, 3.63) is 41.4 Å². The highest BCUT2D eigenvalue weighted by Crippen LogP contribution is 2.37. The monoisotopic (exact) mass is 326 g/mol. The van der Waals surface area contributed by atoms with Crippen molar-refractivity contribution in [2.75, 3.05) is 25.4 Å². The lowest BCUT2D eigenvalue weighted by molar-refractivity contribution is 0.180. The lowest BCUT2D eigenvalue weighted by Crippen LogP contribution is -2.43. The Balaban J connectivity index is 2.11. The Morgan fingerprint density at radius 3 is 3.14 bits per heavy atom. The number of amides is 2. The number of aliphatic hydroxyl groups is 1. The van der Waals surface area contributed by atoms with Crippen LogP contribution in [0.4, 0.5) is 4.79 Å². The van der Waals surface area contributed by atoms with Crippen LogP contribution in [0.25, 0.3) is 0 Å². The summed E-state index contributed by atoms with van der Waals surface area (Å²) in [5, 5.41) is 12.7. The second-order valence-corrected chi connectivity index (χ2v) is 6.35. The van der Waals surface area contributed by atoms with Crippen molar-refractivity contribution in [3.63, 3.8) is 0 Å². The van der Waals surface area contributed by atoms with Crippen molar-refractivity contribution < 1.29 is 9.90 Å². The molecule has 0 saturated carbocycles. The van der Waals surface area contributed by atoms with Gasteiger partial charge in [0.05, 0.1) is 12.6 Å². The minimum absolute atomic E-state index is 0.0431. The number of nitrogens with zero attached hydrogens (tertiary/aromatic N) is 1. The van der Waals surface area contributed by atoms with E-state index in [1.165, 1.54) is 0 Å². The third-order valence-corrected chi connectivity index (χ3v) is 4.67. The van der Waals surface area contributed by atoms with Crippen molar-refractivity contribution in [3.8, 4) is 0 Å². The average molecular weight is 327 g/mol. The van der Waals surface area contributed by atoms with Gasteiger partial charge in [-0.25, -0.2) is 4.79 Å². The fraction of sp³-hybridized carbons (Fsp3) is 0.400. The number of rotatable bonds is 5. The highest BCUT2D eigenvalue weighted by molar-refractivity contribution is 7.99. The number of benzene rings is 1. The first kappa shape index (κ1) is 16.2. The van der Waals surface area contributed by atoms with Gasteiger partial charge in [-0.3, -0.25) is 0 Å². The zero-order chi connectivity index (χ0) is 15.2. The van der Waals surface area contributed by atoms with Crippen LogP contribution in [0.2, 0.25) is 5.02 Å². The molecule has 1 atom stereocenters. The summed E-state index contributed by atoms with van der Waals surface area (Å²) in [6.45, 7) is 4.28. The van der Waals surface area contributed by atoms with E-state index in [-0.39, 0.29) is 18.7 Å². The van der Waals surface area contributed by atoms with Crippen LogP contribution < -0.4 is 5.32 Å². The number of nitrogens with one attached hydrogen (secondary N) is 1. The van der Waals surface area contributed by atoms with E-state index in [4.69, 9.17) is 16.7 Å². The Bertz CT molecular complexity index is 524. The molecule has 1 aliphatic heterocycles. The van der Waals surface area contributed by atoms with Gasteiger partial charge < -0.3 is 15.3 Å². The summed E-state index contributed by atoms with van der Waals surface area (Å²) in [5.74, 6) is 0.959. The summed E-state index contributed by atoms with van der Waals surface area (Å²) in [6.07, 6.45) is 2.52. The first-order valence-corrected chi connectivity index (χ1v) is 8.21. The van der Waals surface area contributed by atoms with Crippen LogP contribution in [0.15, 0.2) is 35.7 Å². The third kappa shape index (κ3) is 4.15. The van der Waals surface area contributed by atoms with Crippen molar-refractivity contribution in [2.45, 2.75) is 17.4 Å². The van der Waals surface area contributed by atoms with Crippen LogP contribution >= 0.6 is 23.4 Å². The zero-order valence-corrected chi connectivity index (χ0v) is 13.3. The molecule has 1 aliphatic rings. The third-order valence-electron chi connectivity index (χ3n) is 3.32. The minimum Gasteiger partial charge on any atom is -0.395 e. The SMILES string of the molecule is C=CCN(CCO)C(=O)NC1CCSc2ccc(Cl)cc21. The quantitative estimate of drug-likeness (QED) is 0.818. The molecule has 1 aromatic carbocycles. The van der Waals surface area contributed by atoms with Crippen molar-refractivity contribution in [1.82, 2.24) is 10.2 Å². The van der Waals surface area contributed by atoms with Crippen molar-refractivity contribution in [2.24, 2.45) is 0 Å². The molecule has 6 heteroatoms. The van der Waals surface area contributed by atoms with E-state index in [1.54, 1.807) is 22.7 Å². The molecule has 0 aliphatic carbocycles. The molecular weight excluding hydrogens is 308 g/mol. The lowest BCUT2D eigenvalue weighted by atomic mass is 10.0. The van der Waals surface area contributed by atoms with Gasteiger partial charge in [0.2, 0.25) is 0 Å². The number of hydrogen-bond acceptors (Lipinski definition) is 3. The van der Waals surface area contributed by atoms with E-state index < -0.39 is 0 Å². The van der Waals surface area contributed by atoms with E-state index in [0.717, 1.165) is 22.6 Å². The van der Waals surface area contributed by atoms with Crippen LogP contribution in [-0.2, 0) is 0 Å².